The van der Waals surface area contributed by atoms with Crippen LogP contribution in [-0.2, 0) is 23.7 Å². The molecule has 14 heteroatoms. The lowest BCUT2D eigenvalue weighted by atomic mass is 9.97. The van der Waals surface area contributed by atoms with Crippen LogP contribution in [-0.4, -0.2) is 140 Å². The zero-order valence-corrected chi connectivity index (χ0v) is 52.3. The number of carbonyl (C=O) groups excluding carboxylic acids is 1. The first-order chi connectivity index (χ1) is 41.6. The van der Waals surface area contributed by atoms with Gasteiger partial charge in [-0.1, -0.05) is 244 Å². The number of hydrogen-bond acceptors (Lipinski definition) is 13. The van der Waals surface area contributed by atoms with Gasteiger partial charge >= 0.3 is 0 Å². The molecule has 12 unspecified atom stereocenters. The SMILES string of the molecule is CC/C=C\C/C=C\C/C=C\C/C=C\C/C=C\C/C=C\C/C=C\C/C=C\C/C=C\C/C=C\CCCCCCCCC(=O)NC(COC1OC(CO)C(OC2OC(CO)C(O)C(O)C2O)C(O)C1O)C(O)/C=C/CCCCCCCCCCCCCC. The van der Waals surface area contributed by atoms with Crippen molar-refractivity contribution in [2.45, 2.75) is 286 Å². The van der Waals surface area contributed by atoms with Crippen molar-refractivity contribution in [2.75, 3.05) is 19.8 Å². The molecule has 2 rings (SSSR count). The molecule has 2 fully saturated rings. The van der Waals surface area contributed by atoms with Gasteiger partial charge in [0, 0.05) is 6.42 Å². The average molecular weight is 1190 g/mol. The summed E-state index contributed by atoms with van der Waals surface area (Å²) >= 11 is 0. The van der Waals surface area contributed by atoms with Crippen molar-refractivity contribution in [1.29, 1.82) is 0 Å². The van der Waals surface area contributed by atoms with E-state index in [1.807, 2.05) is 6.08 Å². The number of amides is 1. The molecule has 2 heterocycles. The normalized spacial score (nSPS) is 24.4. The molecule has 85 heavy (non-hydrogen) atoms. The Labute approximate surface area is 513 Å². The molecule has 12 atom stereocenters. The molecule has 484 valence electrons. The Bertz CT molecular complexity index is 1940. The number of ether oxygens (including phenoxy) is 4. The largest absolute Gasteiger partial charge is 0.394 e. The van der Waals surface area contributed by atoms with Gasteiger partial charge in [0.1, 0.15) is 48.8 Å². The van der Waals surface area contributed by atoms with Gasteiger partial charge in [0.05, 0.1) is 32.0 Å². The summed E-state index contributed by atoms with van der Waals surface area (Å²) in [5.74, 6) is -0.260. The molecule has 0 spiro atoms. The van der Waals surface area contributed by atoms with E-state index in [0.29, 0.717) is 6.42 Å². The van der Waals surface area contributed by atoms with Crippen LogP contribution in [0.15, 0.2) is 134 Å². The fraction of sp³-hybridized carbons (Fsp3) is 0.676. The van der Waals surface area contributed by atoms with Crippen molar-refractivity contribution in [3.8, 4) is 0 Å². The second kappa shape index (κ2) is 54.3. The Morgan fingerprint density at radius 3 is 1.25 bits per heavy atom. The average Bonchev–Trinajstić information content (AvgIpc) is 3.65. The van der Waals surface area contributed by atoms with Gasteiger partial charge in [-0.15, -0.1) is 0 Å². The highest BCUT2D eigenvalue weighted by Crippen LogP contribution is 2.30. The van der Waals surface area contributed by atoms with Crippen LogP contribution in [0.5, 0.6) is 0 Å². The van der Waals surface area contributed by atoms with E-state index in [2.05, 4.69) is 141 Å². The van der Waals surface area contributed by atoms with E-state index in [0.717, 1.165) is 122 Å². The van der Waals surface area contributed by atoms with Crippen LogP contribution in [0.2, 0.25) is 0 Å². The molecule has 0 aliphatic carbocycles. The molecule has 2 aliphatic rings. The van der Waals surface area contributed by atoms with Crippen molar-refractivity contribution in [1.82, 2.24) is 5.32 Å². The van der Waals surface area contributed by atoms with Crippen molar-refractivity contribution < 1.29 is 64.6 Å². The summed E-state index contributed by atoms with van der Waals surface area (Å²) in [5.41, 5.74) is 0. The third-order valence-electron chi connectivity index (χ3n) is 15.1. The van der Waals surface area contributed by atoms with Gasteiger partial charge in [-0.25, -0.2) is 0 Å². The van der Waals surface area contributed by atoms with Crippen molar-refractivity contribution >= 4 is 5.91 Å². The number of hydrogen-bond donors (Lipinski definition) is 9. The highest BCUT2D eigenvalue weighted by atomic mass is 16.7. The van der Waals surface area contributed by atoms with Gasteiger partial charge in [-0.3, -0.25) is 4.79 Å². The van der Waals surface area contributed by atoms with Gasteiger partial charge < -0.3 is 65.1 Å². The highest BCUT2D eigenvalue weighted by Gasteiger charge is 2.51. The summed E-state index contributed by atoms with van der Waals surface area (Å²) in [6, 6.07) is -0.932. The van der Waals surface area contributed by atoms with Crippen LogP contribution >= 0.6 is 0 Å². The van der Waals surface area contributed by atoms with Crippen LogP contribution in [0, 0.1) is 0 Å². The lowest BCUT2D eigenvalue weighted by molar-refractivity contribution is -0.359. The van der Waals surface area contributed by atoms with Crippen LogP contribution in [0.25, 0.3) is 0 Å². The minimum Gasteiger partial charge on any atom is -0.394 e. The molecular formula is C71H117NO13. The van der Waals surface area contributed by atoms with E-state index < -0.39 is 86.8 Å². The first-order valence-corrected chi connectivity index (χ1v) is 32.9. The zero-order valence-electron chi connectivity index (χ0n) is 52.3. The van der Waals surface area contributed by atoms with Crippen LogP contribution in [0.3, 0.4) is 0 Å². The molecule has 14 nitrogen and oxygen atoms in total. The molecule has 2 aliphatic heterocycles. The van der Waals surface area contributed by atoms with Crippen LogP contribution in [0.1, 0.15) is 213 Å². The number of carbonyl (C=O) groups is 1. The summed E-state index contributed by atoms with van der Waals surface area (Å²) < 4.78 is 22.8. The Hall–Kier alpha value is -3.87. The number of aliphatic hydroxyl groups excluding tert-OH is 8. The molecule has 0 aromatic carbocycles. The Kier molecular flexibility index (Phi) is 49.3. The molecule has 9 N–H and O–H groups in total. The zero-order chi connectivity index (χ0) is 61.6. The van der Waals surface area contributed by atoms with Gasteiger partial charge in [0.15, 0.2) is 12.6 Å². The Morgan fingerprint density at radius 2 is 0.812 bits per heavy atom. The van der Waals surface area contributed by atoms with E-state index in [1.54, 1.807) is 6.08 Å². The first-order valence-electron chi connectivity index (χ1n) is 32.9. The number of unbranched alkanes of at least 4 members (excludes halogenated alkanes) is 18. The predicted molar refractivity (Wildman–Crippen MR) is 345 cm³/mol. The second-order valence-electron chi connectivity index (χ2n) is 22.5. The summed E-state index contributed by atoms with van der Waals surface area (Å²) in [6.07, 6.45) is 63.5. The molecule has 1 amide bonds. The fourth-order valence-electron chi connectivity index (χ4n) is 9.85. The predicted octanol–water partition coefficient (Wildman–Crippen LogP) is 12.7. The third-order valence-corrected chi connectivity index (χ3v) is 15.1. The van der Waals surface area contributed by atoms with Gasteiger partial charge in [0.25, 0.3) is 0 Å². The monoisotopic (exact) mass is 1190 g/mol. The minimum atomic E-state index is -1.80. The summed E-state index contributed by atoms with van der Waals surface area (Å²) in [5, 5.41) is 87.2. The van der Waals surface area contributed by atoms with Crippen LogP contribution < -0.4 is 5.32 Å². The van der Waals surface area contributed by atoms with Crippen molar-refractivity contribution in [3.05, 3.63) is 134 Å². The van der Waals surface area contributed by atoms with Gasteiger partial charge in [-0.2, -0.15) is 0 Å². The lowest BCUT2D eigenvalue weighted by Gasteiger charge is -2.46. The summed E-state index contributed by atoms with van der Waals surface area (Å²) in [4.78, 5) is 13.3. The maximum absolute atomic E-state index is 13.3. The molecule has 0 bridgehead atoms. The number of allylic oxidation sites excluding steroid dienone is 21. The molecule has 0 aromatic rings. The molecular weight excluding hydrogens is 1070 g/mol. The molecule has 0 aromatic heterocycles. The fourth-order valence-corrected chi connectivity index (χ4v) is 9.85. The summed E-state index contributed by atoms with van der Waals surface area (Å²) in [6.45, 7) is 2.65. The number of nitrogens with one attached hydrogen (secondary N) is 1. The van der Waals surface area contributed by atoms with Crippen molar-refractivity contribution in [3.63, 3.8) is 0 Å². The summed E-state index contributed by atoms with van der Waals surface area (Å²) in [7, 11) is 0. The van der Waals surface area contributed by atoms with E-state index in [9.17, 15) is 45.6 Å². The van der Waals surface area contributed by atoms with Gasteiger partial charge in [-0.05, 0) is 96.3 Å². The molecule has 0 radical (unpaired) electrons. The third kappa shape index (κ3) is 38.9. The molecule has 2 saturated heterocycles. The van der Waals surface area contributed by atoms with Crippen LogP contribution in [0.4, 0.5) is 0 Å². The number of aliphatic hydroxyl groups is 8. The second-order valence-corrected chi connectivity index (χ2v) is 22.5. The Morgan fingerprint density at radius 1 is 0.435 bits per heavy atom. The topological polar surface area (TPSA) is 228 Å². The van der Waals surface area contributed by atoms with Crippen molar-refractivity contribution in [2.24, 2.45) is 0 Å². The number of rotatable bonds is 51. The van der Waals surface area contributed by atoms with E-state index in [-0.39, 0.29) is 18.9 Å². The first kappa shape index (κ1) is 77.2. The maximum Gasteiger partial charge on any atom is 0.220 e. The van der Waals surface area contributed by atoms with Gasteiger partial charge in [0.2, 0.25) is 5.91 Å². The van der Waals surface area contributed by atoms with E-state index in [1.165, 1.54) is 64.2 Å². The van der Waals surface area contributed by atoms with E-state index in [4.69, 9.17) is 18.9 Å². The lowest BCUT2D eigenvalue weighted by Crippen LogP contribution is -2.65. The van der Waals surface area contributed by atoms with E-state index >= 15 is 0 Å². The minimum absolute atomic E-state index is 0.255. The smallest absolute Gasteiger partial charge is 0.220 e. The maximum atomic E-state index is 13.3. The standard InChI is InChI=1S/C71H117NO13/c1-3-5-7-9-11-13-15-17-19-20-21-22-23-24-25-26-27-28-29-30-31-32-33-34-35-36-37-38-39-40-41-43-45-47-49-51-53-55-63(76)72-59(60(75)54-52-50-48-46-44-42-18-16-14-12-10-8-6-4-2)58-82-70-68(81)66(79)69(62(57-74)84-70)85-71-67(80)65(78)64(77)61(56-73)83-71/h5,7,11,13,17,19,21-22,24-25,27-28,30-31,33-34,36-37,39-40,52,54,59-62,64-71,73-75,77-81H,3-4,6,8-10,12,14-16,18,20,23,26,29,32,35,38,41-51,53,55-58H2,1-2H3,(H,72,76)/b7-5-,13-11-,19-17-,22-21-,25-24-,28-27-,31-30-,34-33-,37-36-,40-39-,54-52+. The Balaban J connectivity index is 1.67. The highest BCUT2D eigenvalue weighted by molar-refractivity contribution is 5.76. The quantitative estimate of drug-likeness (QED) is 0.0204. The molecule has 0 saturated carbocycles.